The monoisotopic (exact) mass is 379 g/mol. The molecule has 2 heterocycles. The molecule has 2 amide bonds. The molecule has 0 unspecified atom stereocenters. The summed E-state index contributed by atoms with van der Waals surface area (Å²) >= 11 is 1.14. The number of hydrogen-bond acceptors (Lipinski definition) is 5. The first-order valence-electron chi connectivity index (χ1n) is 7.64. The number of hydrogen-bond donors (Lipinski definition) is 1. The molecule has 1 aromatic carbocycles. The van der Waals surface area contributed by atoms with Gasteiger partial charge in [-0.3, -0.25) is 14.3 Å². The SMILES string of the molecule is O=CN1CCN(C(=O)c2ccc(NS(=O)(=O)c3cccs3)cc2)CC1. The van der Waals surface area contributed by atoms with Gasteiger partial charge >= 0.3 is 0 Å². The Hall–Kier alpha value is -2.39. The zero-order valence-corrected chi connectivity index (χ0v) is 14.9. The van der Waals surface area contributed by atoms with E-state index in [1.54, 1.807) is 45.5 Å². The van der Waals surface area contributed by atoms with Crippen molar-refractivity contribution in [3.05, 3.63) is 47.3 Å². The van der Waals surface area contributed by atoms with Crippen molar-refractivity contribution < 1.29 is 18.0 Å². The number of carbonyl (C=O) groups excluding carboxylic acids is 2. The molecule has 1 aliphatic heterocycles. The van der Waals surface area contributed by atoms with Crippen LogP contribution in [-0.2, 0) is 14.8 Å². The van der Waals surface area contributed by atoms with Gasteiger partial charge in [-0.15, -0.1) is 11.3 Å². The summed E-state index contributed by atoms with van der Waals surface area (Å²) < 4.78 is 27.1. The van der Waals surface area contributed by atoms with Crippen molar-refractivity contribution in [2.75, 3.05) is 30.9 Å². The van der Waals surface area contributed by atoms with Crippen molar-refractivity contribution in [2.45, 2.75) is 4.21 Å². The van der Waals surface area contributed by atoms with Crippen LogP contribution >= 0.6 is 11.3 Å². The predicted molar refractivity (Wildman–Crippen MR) is 95.1 cm³/mol. The number of thiophene rings is 1. The zero-order valence-electron chi connectivity index (χ0n) is 13.3. The zero-order chi connectivity index (χ0) is 17.9. The van der Waals surface area contributed by atoms with E-state index >= 15 is 0 Å². The van der Waals surface area contributed by atoms with E-state index in [0.29, 0.717) is 37.4 Å². The fraction of sp³-hybridized carbons (Fsp3) is 0.250. The van der Waals surface area contributed by atoms with Crippen LogP contribution in [0.4, 0.5) is 5.69 Å². The summed E-state index contributed by atoms with van der Waals surface area (Å²) in [7, 11) is -3.60. The molecule has 3 rings (SSSR count). The second kappa shape index (κ2) is 7.24. The van der Waals surface area contributed by atoms with Gasteiger partial charge in [-0.1, -0.05) is 6.07 Å². The van der Waals surface area contributed by atoms with Gasteiger partial charge in [0.25, 0.3) is 15.9 Å². The fourth-order valence-electron chi connectivity index (χ4n) is 2.52. The molecule has 1 N–H and O–H groups in total. The first-order chi connectivity index (χ1) is 12.0. The van der Waals surface area contributed by atoms with Crippen LogP contribution in [0.25, 0.3) is 0 Å². The van der Waals surface area contributed by atoms with Gasteiger partial charge in [0.15, 0.2) is 0 Å². The Bertz CT molecular complexity index is 840. The van der Waals surface area contributed by atoms with Crippen LogP contribution < -0.4 is 4.72 Å². The van der Waals surface area contributed by atoms with Crippen LogP contribution in [0.15, 0.2) is 46.0 Å². The van der Waals surface area contributed by atoms with Gasteiger partial charge in [-0.2, -0.15) is 0 Å². The highest BCUT2D eigenvalue weighted by Gasteiger charge is 2.21. The Kier molecular flexibility index (Phi) is 5.05. The van der Waals surface area contributed by atoms with Crippen LogP contribution in [0.3, 0.4) is 0 Å². The smallest absolute Gasteiger partial charge is 0.271 e. The molecule has 1 saturated heterocycles. The maximum Gasteiger partial charge on any atom is 0.271 e. The van der Waals surface area contributed by atoms with Crippen molar-refractivity contribution in [3.63, 3.8) is 0 Å². The number of benzene rings is 1. The normalized spacial score (nSPS) is 15.0. The number of amides is 2. The van der Waals surface area contributed by atoms with E-state index < -0.39 is 10.0 Å². The fourth-order valence-corrected chi connectivity index (χ4v) is 4.57. The Morgan fingerprint density at radius 2 is 1.76 bits per heavy atom. The predicted octanol–water partition coefficient (Wildman–Crippen LogP) is 1.46. The van der Waals surface area contributed by atoms with E-state index in [1.165, 1.54) is 6.07 Å². The minimum Gasteiger partial charge on any atom is -0.342 e. The summed E-state index contributed by atoms with van der Waals surface area (Å²) in [6.45, 7) is 2.02. The third-order valence-electron chi connectivity index (χ3n) is 3.89. The maximum atomic E-state index is 12.5. The lowest BCUT2D eigenvalue weighted by atomic mass is 10.1. The van der Waals surface area contributed by atoms with Crippen molar-refractivity contribution in [3.8, 4) is 0 Å². The van der Waals surface area contributed by atoms with Crippen molar-refractivity contribution in [2.24, 2.45) is 0 Å². The van der Waals surface area contributed by atoms with Crippen LogP contribution in [0.5, 0.6) is 0 Å². The molecule has 0 saturated carbocycles. The molecule has 1 aliphatic rings. The molecule has 0 bridgehead atoms. The Morgan fingerprint density at radius 3 is 2.32 bits per heavy atom. The lowest BCUT2D eigenvalue weighted by Crippen LogP contribution is -2.48. The minimum atomic E-state index is -3.60. The number of sulfonamides is 1. The Labute approximate surface area is 149 Å². The third-order valence-corrected chi connectivity index (χ3v) is 6.67. The second-order valence-electron chi connectivity index (χ2n) is 5.55. The van der Waals surface area contributed by atoms with E-state index in [9.17, 15) is 18.0 Å². The van der Waals surface area contributed by atoms with Gasteiger partial charge in [0, 0.05) is 37.4 Å². The van der Waals surface area contributed by atoms with Gasteiger partial charge in [0.2, 0.25) is 6.41 Å². The number of nitrogens with one attached hydrogen (secondary N) is 1. The second-order valence-corrected chi connectivity index (χ2v) is 8.41. The molecule has 1 aromatic heterocycles. The standard InChI is InChI=1S/C16H17N3O4S2/c20-12-18-7-9-19(10-8-18)16(21)13-3-5-14(6-4-13)17-25(22,23)15-2-1-11-24-15/h1-6,11-12,17H,7-10H2. The topological polar surface area (TPSA) is 86.8 Å². The van der Waals surface area contributed by atoms with Crippen LogP contribution in [0, 0.1) is 0 Å². The number of piperazine rings is 1. The van der Waals surface area contributed by atoms with Crippen molar-refractivity contribution >= 4 is 39.4 Å². The molecule has 0 aliphatic carbocycles. The van der Waals surface area contributed by atoms with E-state index in [1.807, 2.05) is 0 Å². The molecule has 0 spiro atoms. The molecule has 2 aromatic rings. The summed E-state index contributed by atoms with van der Waals surface area (Å²) in [5, 5.41) is 1.70. The lowest BCUT2D eigenvalue weighted by molar-refractivity contribution is -0.119. The van der Waals surface area contributed by atoms with Gasteiger partial charge in [0.1, 0.15) is 4.21 Å². The molecular formula is C16H17N3O4S2. The summed E-state index contributed by atoms with van der Waals surface area (Å²) in [6.07, 6.45) is 0.788. The van der Waals surface area contributed by atoms with E-state index in [0.717, 1.165) is 17.7 Å². The molecule has 25 heavy (non-hydrogen) atoms. The quantitative estimate of drug-likeness (QED) is 0.797. The lowest BCUT2D eigenvalue weighted by Gasteiger charge is -2.32. The van der Waals surface area contributed by atoms with E-state index in [-0.39, 0.29) is 10.1 Å². The van der Waals surface area contributed by atoms with Crippen molar-refractivity contribution in [1.29, 1.82) is 0 Å². The highest BCUT2D eigenvalue weighted by Crippen LogP contribution is 2.21. The maximum absolute atomic E-state index is 12.5. The average molecular weight is 379 g/mol. The summed E-state index contributed by atoms with van der Waals surface area (Å²) in [5.74, 6) is -0.127. The largest absolute Gasteiger partial charge is 0.342 e. The molecule has 132 valence electrons. The minimum absolute atomic E-state index is 0.127. The summed E-state index contributed by atoms with van der Waals surface area (Å²) in [5.41, 5.74) is 0.884. The number of anilines is 1. The van der Waals surface area contributed by atoms with Crippen LogP contribution in [-0.4, -0.2) is 56.7 Å². The van der Waals surface area contributed by atoms with Crippen LogP contribution in [0.1, 0.15) is 10.4 Å². The molecular weight excluding hydrogens is 362 g/mol. The average Bonchev–Trinajstić information content (AvgIpc) is 3.17. The van der Waals surface area contributed by atoms with Crippen LogP contribution in [0.2, 0.25) is 0 Å². The highest BCUT2D eigenvalue weighted by atomic mass is 32.2. The van der Waals surface area contributed by atoms with Gasteiger partial charge in [-0.05, 0) is 35.7 Å². The first kappa shape index (κ1) is 17.4. The van der Waals surface area contributed by atoms with Gasteiger partial charge < -0.3 is 9.80 Å². The molecule has 0 radical (unpaired) electrons. The first-order valence-corrected chi connectivity index (χ1v) is 10.0. The van der Waals surface area contributed by atoms with Gasteiger partial charge in [0.05, 0.1) is 0 Å². The van der Waals surface area contributed by atoms with Gasteiger partial charge in [-0.25, -0.2) is 8.42 Å². The number of nitrogens with zero attached hydrogens (tertiary/aromatic N) is 2. The number of carbonyl (C=O) groups is 2. The Morgan fingerprint density at radius 1 is 1.08 bits per heavy atom. The molecule has 1 fully saturated rings. The molecule has 9 heteroatoms. The summed E-state index contributed by atoms with van der Waals surface area (Å²) in [4.78, 5) is 26.5. The Balaban J connectivity index is 1.66. The molecule has 7 nitrogen and oxygen atoms in total. The molecule has 0 atom stereocenters. The highest BCUT2D eigenvalue weighted by molar-refractivity contribution is 7.94. The third kappa shape index (κ3) is 3.99. The summed E-state index contributed by atoms with van der Waals surface area (Å²) in [6, 6.07) is 9.54. The van der Waals surface area contributed by atoms with Crippen molar-refractivity contribution in [1.82, 2.24) is 9.80 Å². The number of rotatable bonds is 5. The van der Waals surface area contributed by atoms with E-state index in [4.69, 9.17) is 0 Å². The van der Waals surface area contributed by atoms with E-state index in [2.05, 4.69) is 4.72 Å².